The third-order valence-electron chi connectivity index (χ3n) is 1.75. The molecular weight excluding hydrogens is 210 g/mol. The predicted octanol–water partition coefficient (Wildman–Crippen LogP) is 3.05. The van der Waals surface area contributed by atoms with Crippen molar-refractivity contribution in [3.8, 4) is 6.07 Å². The zero-order chi connectivity index (χ0) is 10.7. The molecule has 0 aliphatic rings. The Morgan fingerprint density at radius 2 is 2.29 bits per heavy atom. The second kappa shape index (κ2) is 4.34. The van der Waals surface area contributed by atoms with E-state index in [1.807, 2.05) is 6.07 Å². The molecule has 0 aliphatic carbocycles. The molecule has 1 aromatic heterocycles. The van der Waals surface area contributed by atoms with E-state index in [9.17, 15) is 8.78 Å². The maximum atomic E-state index is 12.3. The van der Waals surface area contributed by atoms with Crippen LogP contribution in [0.1, 0.15) is 23.2 Å². The van der Waals surface area contributed by atoms with Crippen molar-refractivity contribution in [2.24, 2.45) is 0 Å². The number of rotatable bonds is 2. The smallest absolute Gasteiger partial charge is 0.235 e. The first-order valence-electron chi connectivity index (χ1n) is 3.87. The minimum Gasteiger partial charge on any atom is -0.235 e. The van der Waals surface area contributed by atoms with E-state index >= 15 is 0 Å². The molecule has 0 unspecified atom stereocenters. The number of nitriles is 1. The monoisotopic (exact) mass is 216 g/mol. The van der Waals surface area contributed by atoms with Gasteiger partial charge in [0.05, 0.1) is 12.5 Å². The SMILES string of the molecule is Cc1cc(CC#N)c(Cl)nc1C(F)F. The maximum absolute atomic E-state index is 12.3. The lowest BCUT2D eigenvalue weighted by molar-refractivity contribution is 0.145. The van der Waals surface area contributed by atoms with Crippen molar-refractivity contribution in [3.63, 3.8) is 0 Å². The molecule has 0 saturated carbocycles. The minimum atomic E-state index is -2.64. The number of alkyl halides is 2. The summed E-state index contributed by atoms with van der Waals surface area (Å²) in [6.07, 6.45) is -2.56. The van der Waals surface area contributed by atoms with E-state index in [1.54, 1.807) is 0 Å². The van der Waals surface area contributed by atoms with Crippen molar-refractivity contribution < 1.29 is 8.78 Å². The highest BCUT2D eigenvalue weighted by molar-refractivity contribution is 6.30. The highest BCUT2D eigenvalue weighted by Gasteiger charge is 2.15. The Bertz CT molecular complexity index is 385. The third-order valence-corrected chi connectivity index (χ3v) is 2.08. The summed E-state index contributed by atoms with van der Waals surface area (Å²) in [6, 6.07) is 3.36. The molecule has 0 bridgehead atoms. The molecule has 74 valence electrons. The summed E-state index contributed by atoms with van der Waals surface area (Å²) in [5.74, 6) is 0. The second-order valence-corrected chi connectivity index (χ2v) is 3.13. The Kier molecular flexibility index (Phi) is 3.37. The van der Waals surface area contributed by atoms with E-state index in [0.717, 1.165) is 0 Å². The lowest BCUT2D eigenvalue weighted by Gasteiger charge is -2.06. The van der Waals surface area contributed by atoms with Gasteiger partial charge >= 0.3 is 0 Å². The first-order valence-corrected chi connectivity index (χ1v) is 4.25. The fourth-order valence-corrected chi connectivity index (χ4v) is 1.30. The van der Waals surface area contributed by atoms with E-state index in [2.05, 4.69) is 4.98 Å². The fourth-order valence-electron chi connectivity index (χ4n) is 1.09. The number of aryl methyl sites for hydroxylation is 1. The van der Waals surface area contributed by atoms with Crippen LogP contribution in [0.5, 0.6) is 0 Å². The van der Waals surface area contributed by atoms with Crippen molar-refractivity contribution in [1.82, 2.24) is 4.98 Å². The van der Waals surface area contributed by atoms with E-state index < -0.39 is 6.43 Å². The van der Waals surface area contributed by atoms with E-state index in [1.165, 1.54) is 13.0 Å². The Morgan fingerprint density at radius 3 is 2.79 bits per heavy atom. The summed E-state index contributed by atoms with van der Waals surface area (Å²) in [7, 11) is 0. The molecule has 0 atom stereocenters. The lowest BCUT2D eigenvalue weighted by atomic mass is 10.1. The van der Waals surface area contributed by atoms with Gasteiger partial charge in [-0.05, 0) is 18.6 Å². The molecule has 1 heterocycles. The van der Waals surface area contributed by atoms with Crippen LogP contribution in [-0.2, 0) is 6.42 Å². The van der Waals surface area contributed by atoms with Crippen LogP contribution in [-0.4, -0.2) is 4.98 Å². The van der Waals surface area contributed by atoms with Crippen molar-refractivity contribution in [2.75, 3.05) is 0 Å². The summed E-state index contributed by atoms with van der Waals surface area (Å²) in [6.45, 7) is 1.52. The molecule has 0 radical (unpaired) electrons. The topological polar surface area (TPSA) is 36.7 Å². The van der Waals surface area contributed by atoms with Gasteiger partial charge in [0.1, 0.15) is 10.8 Å². The molecule has 0 N–H and O–H groups in total. The van der Waals surface area contributed by atoms with Gasteiger partial charge in [-0.3, -0.25) is 0 Å². The first-order chi connectivity index (χ1) is 6.56. The van der Waals surface area contributed by atoms with Crippen LogP contribution in [0.2, 0.25) is 5.15 Å². The summed E-state index contributed by atoms with van der Waals surface area (Å²) >= 11 is 5.63. The molecular formula is C9H7ClF2N2. The second-order valence-electron chi connectivity index (χ2n) is 2.78. The third kappa shape index (κ3) is 2.18. The van der Waals surface area contributed by atoms with Crippen molar-refractivity contribution in [1.29, 1.82) is 5.26 Å². The lowest BCUT2D eigenvalue weighted by Crippen LogP contribution is -1.98. The van der Waals surface area contributed by atoms with Gasteiger partial charge < -0.3 is 0 Å². The Morgan fingerprint density at radius 1 is 1.64 bits per heavy atom. The Balaban J connectivity index is 3.18. The molecule has 0 saturated heterocycles. The summed E-state index contributed by atoms with van der Waals surface area (Å²) < 4.78 is 24.7. The number of halogens is 3. The Hall–Kier alpha value is -1.21. The van der Waals surface area contributed by atoms with Crippen molar-refractivity contribution >= 4 is 11.6 Å². The fraction of sp³-hybridized carbons (Fsp3) is 0.333. The molecule has 1 aromatic rings. The van der Waals surface area contributed by atoms with Gasteiger partial charge in [-0.15, -0.1) is 0 Å². The molecule has 5 heteroatoms. The minimum absolute atomic E-state index is 0.0209. The first kappa shape index (κ1) is 10.9. The molecule has 14 heavy (non-hydrogen) atoms. The molecule has 0 aromatic carbocycles. The van der Waals surface area contributed by atoms with Crippen molar-refractivity contribution in [2.45, 2.75) is 19.8 Å². The van der Waals surface area contributed by atoms with E-state index in [-0.39, 0.29) is 17.3 Å². The quantitative estimate of drug-likeness (QED) is 0.713. The van der Waals surface area contributed by atoms with Crippen LogP contribution in [0.4, 0.5) is 8.78 Å². The number of aromatic nitrogens is 1. The average Bonchev–Trinajstić information content (AvgIpc) is 2.10. The highest BCUT2D eigenvalue weighted by atomic mass is 35.5. The van der Waals surface area contributed by atoms with Gasteiger partial charge in [-0.25, -0.2) is 13.8 Å². The van der Waals surface area contributed by atoms with Crippen LogP contribution in [0.15, 0.2) is 6.07 Å². The summed E-state index contributed by atoms with van der Waals surface area (Å²) in [5.41, 5.74) is 0.516. The van der Waals surface area contributed by atoms with Crippen LogP contribution >= 0.6 is 11.6 Å². The predicted molar refractivity (Wildman–Crippen MR) is 48.3 cm³/mol. The summed E-state index contributed by atoms with van der Waals surface area (Å²) in [5, 5.41) is 8.41. The molecule has 0 spiro atoms. The maximum Gasteiger partial charge on any atom is 0.280 e. The van der Waals surface area contributed by atoms with Gasteiger partial charge in [-0.2, -0.15) is 5.26 Å². The van der Waals surface area contributed by atoms with Crippen LogP contribution < -0.4 is 0 Å². The standard InChI is InChI=1S/C9H7ClF2N2/c1-5-4-6(2-3-13)8(10)14-7(5)9(11)12/h4,9H,2H2,1H3. The zero-order valence-electron chi connectivity index (χ0n) is 7.39. The molecule has 0 amide bonds. The molecule has 1 rings (SSSR count). The largest absolute Gasteiger partial charge is 0.280 e. The molecule has 2 nitrogen and oxygen atoms in total. The Labute approximate surface area is 85.1 Å². The van der Waals surface area contributed by atoms with Crippen LogP contribution in [0, 0.1) is 18.3 Å². The van der Waals surface area contributed by atoms with Gasteiger partial charge in [0.2, 0.25) is 0 Å². The molecule has 0 aliphatic heterocycles. The van der Waals surface area contributed by atoms with Gasteiger partial charge in [0, 0.05) is 5.56 Å². The number of hydrogen-bond donors (Lipinski definition) is 0. The number of nitrogens with zero attached hydrogens (tertiary/aromatic N) is 2. The normalized spacial score (nSPS) is 10.3. The van der Waals surface area contributed by atoms with E-state index in [4.69, 9.17) is 16.9 Å². The van der Waals surface area contributed by atoms with E-state index in [0.29, 0.717) is 11.1 Å². The highest BCUT2D eigenvalue weighted by Crippen LogP contribution is 2.25. The molecule has 0 fully saturated rings. The average molecular weight is 217 g/mol. The summed E-state index contributed by atoms with van der Waals surface area (Å²) in [4.78, 5) is 3.56. The van der Waals surface area contributed by atoms with Crippen LogP contribution in [0.25, 0.3) is 0 Å². The van der Waals surface area contributed by atoms with Gasteiger partial charge in [0.15, 0.2) is 0 Å². The van der Waals surface area contributed by atoms with Crippen LogP contribution in [0.3, 0.4) is 0 Å². The van der Waals surface area contributed by atoms with Crippen molar-refractivity contribution in [3.05, 3.63) is 28.0 Å². The number of hydrogen-bond acceptors (Lipinski definition) is 2. The zero-order valence-corrected chi connectivity index (χ0v) is 8.15. The van der Waals surface area contributed by atoms with Gasteiger partial charge in [-0.1, -0.05) is 11.6 Å². The van der Waals surface area contributed by atoms with Gasteiger partial charge in [0.25, 0.3) is 6.43 Å². The number of pyridine rings is 1.